The van der Waals surface area contributed by atoms with Gasteiger partial charge in [-0.3, -0.25) is 4.90 Å². The highest BCUT2D eigenvalue weighted by Crippen LogP contribution is 2.12. The summed E-state index contributed by atoms with van der Waals surface area (Å²) in [5.74, 6) is 5.54. The van der Waals surface area contributed by atoms with Crippen LogP contribution in [0, 0.1) is 11.8 Å². The molecule has 0 aliphatic carbocycles. The molecule has 108 valence electrons. The number of rotatable bonds is 4. The molecule has 0 unspecified atom stereocenters. The molecular weight excluding hydrogens is 282 g/mol. The van der Waals surface area contributed by atoms with Crippen molar-refractivity contribution in [3.8, 4) is 11.8 Å². The van der Waals surface area contributed by atoms with Crippen LogP contribution in [-0.4, -0.2) is 23.7 Å². The van der Waals surface area contributed by atoms with Crippen LogP contribution in [0.4, 0.5) is 0 Å². The lowest BCUT2D eigenvalue weighted by molar-refractivity contribution is 0.319. The molecule has 0 aliphatic heterocycles. The summed E-state index contributed by atoms with van der Waals surface area (Å²) >= 11 is 5.89. The summed E-state index contributed by atoms with van der Waals surface area (Å²) < 4.78 is 0. The molecule has 0 heterocycles. The van der Waals surface area contributed by atoms with Gasteiger partial charge in [0.05, 0.1) is 0 Å². The molecule has 0 fully saturated rings. The van der Waals surface area contributed by atoms with E-state index in [4.69, 9.17) is 16.7 Å². The van der Waals surface area contributed by atoms with Crippen molar-refractivity contribution in [2.75, 3.05) is 13.7 Å². The molecule has 3 heteroatoms. The number of benzene rings is 2. The van der Waals surface area contributed by atoms with Gasteiger partial charge in [-0.25, -0.2) is 0 Å². The van der Waals surface area contributed by atoms with Crippen molar-refractivity contribution in [1.29, 1.82) is 0 Å². The van der Waals surface area contributed by atoms with Crippen LogP contribution < -0.4 is 0 Å². The average molecular weight is 300 g/mol. The van der Waals surface area contributed by atoms with Gasteiger partial charge in [-0.15, -0.1) is 0 Å². The number of halogens is 1. The molecule has 2 aromatic carbocycles. The lowest BCUT2D eigenvalue weighted by Crippen LogP contribution is -2.17. The van der Waals surface area contributed by atoms with Gasteiger partial charge in [0.25, 0.3) is 0 Å². The van der Waals surface area contributed by atoms with Crippen molar-refractivity contribution in [2.24, 2.45) is 0 Å². The van der Waals surface area contributed by atoms with Crippen molar-refractivity contribution < 1.29 is 5.11 Å². The Hall–Kier alpha value is -1.79. The lowest BCUT2D eigenvalue weighted by atomic mass is 10.1. The van der Waals surface area contributed by atoms with Crippen molar-refractivity contribution >= 4 is 11.6 Å². The molecule has 0 saturated carbocycles. The average Bonchev–Trinajstić information content (AvgIpc) is 2.49. The van der Waals surface area contributed by atoms with E-state index in [1.165, 1.54) is 11.1 Å². The molecule has 0 spiro atoms. The maximum atomic E-state index is 8.67. The SMILES string of the molecule is CN(Cc1ccc(Cl)cc1)Cc1ccc(C#CCO)cc1. The van der Waals surface area contributed by atoms with Crippen molar-refractivity contribution in [1.82, 2.24) is 4.90 Å². The van der Waals surface area contributed by atoms with Gasteiger partial charge in [0.15, 0.2) is 0 Å². The van der Waals surface area contributed by atoms with E-state index in [-0.39, 0.29) is 6.61 Å². The number of nitrogens with zero attached hydrogens (tertiary/aromatic N) is 1. The summed E-state index contributed by atoms with van der Waals surface area (Å²) in [4.78, 5) is 2.25. The van der Waals surface area contributed by atoms with Crippen LogP contribution in [0.2, 0.25) is 5.02 Å². The van der Waals surface area contributed by atoms with Crippen molar-refractivity contribution in [3.05, 3.63) is 70.2 Å². The van der Waals surface area contributed by atoms with Crippen LogP contribution >= 0.6 is 11.6 Å². The van der Waals surface area contributed by atoms with Crippen LogP contribution in [0.5, 0.6) is 0 Å². The third-order valence-electron chi connectivity index (χ3n) is 3.08. The molecule has 0 saturated heterocycles. The Labute approximate surface area is 131 Å². The van der Waals surface area contributed by atoms with E-state index in [0.717, 1.165) is 23.7 Å². The minimum absolute atomic E-state index is 0.106. The van der Waals surface area contributed by atoms with Crippen LogP contribution in [0.3, 0.4) is 0 Å². The van der Waals surface area contributed by atoms with Crippen LogP contribution in [0.15, 0.2) is 48.5 Å². The molecule has 2 nitrogen and oxygen atoms in total. The Morgan fingerprint density at radius 1 is 0.952 bits per heavy atom. The van der Waals surface area contributed by atoms with Crippen molar-refractivity contribution in [2.45, 2.75) is 13.1 Å². The van der Waals surface area contributed by atoms with Gasteiger partial charge >= 0.3 is 0 Å². The predicted molar refractivity (Wildman–Crippen MR) is 87.0 cm³/mol. The standard InChI is InChI=1S/C18H18ClNO/c1-20(14-17-8-10-18(19)11-9-17)13-16-6-4-15(5-7-16)3-2-12-21/h4-11,21H,12-14H2,1H3. The summed E-state index contributed by atoms with van der Waals surface area (Å²) in [5, 5.41) is 9.43. The van der Waals surface area contributed by atoms with E-state index in [1.807, 2.05) is 36.4 Å². The summed E-state index contributed by atoms with van der Waals surface area (Å²) in [5.41, 5.74) is 3.40. The third-order valence-corrected chi connectivity index (χ3v) is 3.34. The first-order valence-corrected chi connectivity index (χ1v) is 7.17. The highest BCUT2D eigenvalue weighted by molar-refractivity contribution is 6.30. The fourth-order valence-electron chi connectivity index (χ4n) is 2.10. The molecule has 0 aliphatic rings. The molecule has 2 rings (SSSR count). The maximum absolute atomic E-state index is 8.67. The van der Waals surface area contributed by atoms with Gasteiger partial charge < -0.3 is 5.11 Å². The van der Waals surface area contributed by atoms with Crippen molar-refractivity contribution in [3.63, 3.8) is 0 Å². The van der Waals surface area contributed by atoms with Gasteiger partial charge in [0.1, 0.15) is 6.61 Å². The third kappa shape index (κ3) is 5.24. The normalized spacial score (nSPS) is 10.3. The van der Waals surface area contributed by atoms with E-state index in [9.17, 15) is 0 Å². The molecule has 0 aromatic heterocycles. The van der Waals surface area contributed by atoms with E-state index in [1.54, 1.807) is 0 Å². The molecular formula is C18H18ClNO. The molecule has 2 aromatic rings. The zero-order chi connectivity index (χ0) is 15.1. The second kappa shape index (κ2) is 7.85. The topological polar surface area (TPSA) is 23.5 Å². The summed E-state index contributed by atoms with van der Waals surface area (Å²) in [6.45, 7) is 1.64. The molecule has 1 N–H and O–H groups in total. The van der Waals surface area contributed by atoms with Gasteiger partial charge in [0, 0.05) is 23.7 Å². The van der Waals surface area contributed by atoms with Gasteiger partial charge in [-0.1, -0.05) is 47.7 Å². The monoisotopic (exact) mass is 299 g/mol. The first kappa shape index (κ1) is 15.6. The highest BCUT2D eigenvalue weighted by atomic mass is 35.5. The smallest absolute Gasteiger partial charge is 0.104 e. The number of hydrogen-bond acceptors (Lipinski definition) is 2. The Morgan fingerprint density at radius 2 is 1.48 bits per heavy atom. The quantitative estimate of drug-likeness (QED) is 0.876. The first-order valence-electron chi connectivity index (χ1n) is 6.79. The molecule has 0 radical (unpaired) electrons. The Balaban J connectivity index is 1.93. The largest absolute Gasteiger partial charge is 0.384 e. The fraction of sp³-hybridized carbons (Fsp3) is 0.222. The summed E-state index contributed by atoms with van der Waals surface area (Å²) in [6.07, 6.45) is 0. The second-order valence-corrected chi connectivity index (χ2v) is 5.39. The number of aliphatic hydroxyl groups excluding tert-OH is 1. The predicted octanol–water partition coefficient (Wildman–Crippen LogP) is 3.32. The van der Waals surface area contributed by atoms with Gasteiger partial charge in [-0.2, -0.15) is 0 Å². The van der Waals surface area contributed by atoms with Crippen LogP contribution in [0.1, 0.15) is 16.7 Å². The fourth-order valence-corrected chi connectivity index (χ4v) is 2.23. The molecule has 0 amide bonds. The van der Waals surface area contributed by atoms with E-state index >= 15 is 0 Å². The number of aliphatic hydroxyl groups is 1. The lowest BCUT2D eigenvalue weighted by Gasteiger charge is -2.17. The highest BCUT2D eigenvalue weighted by Gasteiger charge is 2.02. The summed E-state index contributed by atoms with van der Waals surface area (Å²) in [6, 6.07) is 16.0. The minimum atomic E-state index is -0.106. The Kier molecular flexibility index (Phi) is 5.83. The van der Waals surface area contributed by atoms with E-state index in [0.29, 0.717) is 0 Å². The zero-order valence-corrected chi connectivity index (χ0v) is 12.8. The van der Waals surface area contributed by atoms with E-state index in [2.05, 4.69) is 35.9 Å². The molecule has 0 bridgehead atoms. The molecule has 0 atom stereocenters. The Bertz CT molecular complexity index is 623. The van der Waals surface area contributed by atoms with Gasteiger partial charge in [0.2, 0.25) is 0 Å². The summed E-state index contributed by atoms with van der Waals surface area (Å²) in [7, 11) is 2.09. The van der Waals surface area contributed by atoms with Gasteiger partial charge in [-0.05, 0) is 42.4 Å². The molecule has 21 heavy (non-hydrogen) atoms. The number of hydrogen-bond donors (Lipinski definition) is 1. The van der Waals surface area contributed by atoms with Crippen LogP contribution in [-0.2, 0) is 13.1 Å². The van der Waals surface area contributed by atoms with Crippen LogP contribution in [0.25, 0.3) is 0 Å². The first-order chi connectivity index (χ1) is 10.2. The minimum Gasteiger partial charge on any atom is -0.384 e. The second-order valence-electron chi connectivity index (χ2n) is 4.96. The maximum Gasteiger partial charge on any atom is 0.104 e. The Morgan fingerprint density at radius 3 is 2.00 bits per heavy atom. The zero-order valence-electron chi connectivity index (χ0n) is 12.0. The van der Waals surface area contributed by atoms with E-state index < -0.39 is 0 Å².